The number of rotatable bonds is 20. The molecular formula is C50H67N3O9S. The molecule has 5 unspecified atom stereocenters. The maximum Gasteiger partial charge on any atom is 0.326 e. The number of hydrogen-bond acceptors (Lipinski definition) is 10. The quantitative estimate of drug-likeness (QED) is 0.0357. The minimum Gasteiger partial charge on any atom is -0.480 e. The van der Waals surface area contributed by atoms with Crippen LogP contribution in [0.25, 0.3) is 0 Å². The highest BCUT2D eigenvalue weighted by atomic mass is 32.1. The lowest BCUT2D eigenvalue weighted by molar-refractivity contribution is -0.155. The smallest absolute Gasteiger partial charge is 0.326 e. The third kappa shape index (κ3) is 17.7. The molecule has 2 aliphatic rings. The average Bonchev–Trinajstić information content (AvgIpc) is 3.20. The zero-order valence-corrected chi connectivity index (χ0v) is 39.3. The van der Waals surface area contributed by atoms with Crippen LogP contribution in [0.4, 0.5) is 0 Å². The summed E-state index contributed by atoms with van der Waals surface area (Å²) in [5, 5.41) is 13.7. The number of carboxylic acid groups (broad SMARTS) is 1. The van der Waals surface area contributed by atoms with Crippen LogP contribution in [-0.2, 0) is 38.3 Å². The highest BCUT2D eigenvalue weighted by Gasteiger charge is 2.44. The maximum absolute atomic E-state index is 13.3. The number of allylic oxidation sites excluding steroid dienone is 19. The van der Waals surface area contributed by atoms with E-state index in [1.807, 2.05) is 141 Å². The lowest BCUT2D eigenvalue weighted by atomic mass is 9.63. The fourth-order valence-electron chi connectivity index (χ4n) is 7.30. The van der Waals surface area contributed by atoms with Gasteiger partial charge in [0.1, 0.15) is 18.6 Å². The molecule has 5 N–H and O–H groups in total. The van der Waals surface area contributed by atoms with Crippen LogP contribution in [-0.4, -0.2) is 76.7 Å². The molecule has 0 radical (unpaired) electrons. The van der Waals surface area contributed by atoms with Crippen LogP contribution in [0, 0.1) is 22.7 Å². The Morgan fingerprint density at radius 3 is 1.95 bits per heavy atom. The second-order valence-electron chi connectivity index (χ2n) is 17.7. The van der Waals surface area contributed by atoms with Crippen molar-refractivity contribution in [2.24, 2.45) is 28.4 Å². The van der Waals surface area contributed by atoms with Crippen molar-refractivity contribution in [2.45, 2.75) is 113 Å². The van der Waals surface area contributed by atoms with Crippen LogP contribution >= 0.6 is 12.6 Å². The van der Waals surface area contributed by atoms with Gasteiger partial charge in [0.2, 0.25) is 17.6 Å². The average molecular weight is 886 g/mol. The van der Waals surface area contributed by atoms with E-state index >= 15 is 0 Å². The van der Waals surface area contributed by atoms with Crippen molar-refractivity contribution in [3.8, 4) is 0 Å². The van der Waals surface area contributed by atoms with Crippen molar-refractivity contribution in [3.05, 3.63) is 119 Å². The van der Waals surface area contributed by atoms with E-state index < -0.39 is 53.9 Å². The van der Waals surface area contributed by atoms with Gasteiger partial charge in [-0.1, -0.05) is 142 Å². The molecule has 5 atom stereocenters. The second kappa shape index (κ2) is 25.0. The molecule has 0 aromatic heterocycles. The summed E-state index contributed by atoms with van der Waals surface area (Å²) < 4.78 is 5.50. The zero-order chi connectivity index (χ0) is 47.7. The normalized spacial score (nSPS) is 22.5. The summed E-state index contributed by atoms with van der Waals surface area (Å²) in [6.45, 7) is 19.0. The van der Waals surface area contributed by atoms with Crippen molar-refractivity contribution in [1.82, 2.24) is 10.6 Å². The van der Waals surface area contributed by atoms with E-state index in [1.165, 1.54) is 0 Å². The Kier molecular flexibility index (Phi) is 21.4. The molecule has 1 fully saturated rings. The molecule has 342 valence electrons. The number of amides is 2. The first-order valence-electron chi connectivity index (χ1n) is 21.2. The van der Waals surface area contributed by atoms with E-state index in [0.29, 0.717) is 5.57 Å². The summed E-state index contributed by atoms with van der Waals surface area (Å²) in [5.41, 5.74) is 10.1. The predicted molar refractivity (Wildman–Crippen MR) is 251 cm³/mol. The van der Waals surface area contributed by atoms with Crippen molar-refractivity contribution in [3.63, 3.8) is 0 Å². The number of carbonyl (C=O) groups excluding carboxylic acids is 6. The molecule has 2 amide bonds. The number of hydrogen-bond donors (Lipinski definition) is 5. The molecule has 63 heavy (non-hydrogen) atoms. The highest BCUT2D eigenvalue weighted by Crippen LogP contribution is 2.42. The second-order valence-corrected chi connectivity index (χ2v) is 18.0. The number of thiol groups is 1. The van der Waals surface area contributed by atoms with Crippen LogP contribution in [0.15, 0.2) is 119 Å². The van der Waals surface area contributed by atoms with Gasteiger partial charge in [0.15, 0.2) is 17.7 Å². The highest BCUT2D eigenvalue weighted by molar-refractivity contribution is 7.80. The first kappa shape index (κ1) is 53.7. The molecule has 0 bridgehead atoms. The summed E-state index contributed by atoms with van der Waals surface area (Å²) in [5.74, 6) is -4.59. The molecule has 0 spiro atoms. The number of ketones is 3. The van der Waals surface area contributed by atoms with Crippen molar-refractivity contribution in [2.75, 3.05) is 12.3 Å². The van der Waals surface area contributed by atoms with Gasteiger partial charge >= 0.3 is 11.9 Å². The van der Waals surface area contributed by atoms with Crippen molar-refractivity contribution < 1.29 is 43.4 Å². The number of carboxylic acids is 1. The lowest BCUT2D eigenvalue weighted by Crippen LogP contribution is -2.49. The SMILES string of the molecule is CC(C=CC1C(C)C(=O)C(=O)CC1(C)C)=C/C=C/C(C)=C/C=C/C=C(C)/C=C/C=C(\C)C=CC1=C(C)C(=O)C(OC(=O)CNC(=O)C(CS)NC(=O)CCC(N)C(=O)O)CC1(C)C. The predicted octanol–water partition coefficient (Wildman–Crippen LogP) is 7.32. The maximum atomic E-state index is 13.3. The van der Waals surface area contributed by atoms with Gasteiger partial charge < -0.3 is 26.2 Å². The Hall–Kier alpha value is -5.40. The van der Waals surface area contributed by atoms with Gasteiger partial charge in [-0.05, 0) is 68.9 Å². The number of ether oxygens (including phenoxy) is 1. The molecule has 1 saturated carbocycles. The van der Waals surface area contributed by atoms with Gasteiger partial charge in [-0.15, -0.1) is 0 Å². The molecule has 2 rings (SSSR count). The van der Waals surface area contributed by atoms with Crippen LogP contribution in [0.5, 0.6) is 0 Å². The summed E-state index contributed by atoms with van der Waals surface area (Å²) in [7, 11) is 0. The van der Waals surface area contributed by atoms with E-state index in [2.05, 4.69) is 29.3 Å². The van der Waals surface area contributed by atoms with Crippen LogP contribution in [0.3, 0.4) is 0 Å². The van der Waals surface area contributed by atoms with Gasteiger partial charge in [-0.25, -0.2) is 0 Å². The summed E-state index contributed by atoms with van der Waals surface area (Å²) in [6, 6.07) is -2.30. The third-order valence-electron chi connectivity index (χ3n) is 11.1. The van der Waals surface area contributed by atoms with E-state index in [-0.39, 0.29) is 66.0 Å². The molecule has 0 aromatic carbocycles. The number of esters is 1. The zero-order valence-electron chi connectivity index (χ0n) is 38.5. The number of Topliss-reactive ketones (excluding diaryl/α,β-unsaturated/α-hetero) is 3. The molecule has 0 aliphatic heterocycles. The van der Waals surface area contributed by atoms with Crippen LogP contribution < -0.4 is 16.4 Å². The molecule has 13 heteroatoms. The molecular weight excluding hydrogens is 819 g/mol. The van der Waals surface area contributed by atoms with Gasteiger partial charge in [-0.3, -0.25) is 33.6 Å². The standard InChI is InChI=1S/C50H67N3O9S/c1-31(17-13-19-33(3)21-23-37-35(5)45(57)41(54)27-49(37,7)8)15-11-12-16-32(2)18-14-20-34(4)22-24-38-36(6)46(58)42(28-50(38,9)10)62-44(56)29-52-47(59)40(30-63)53-43(55)26-25-39(51)48(60)61/h11-24,35,37,39-40,42,63H,25-30,51H2,1-10H3,(H,52,59)(H,53,55)(H,60,61)/b12-11+,17-13+,18-14+,23-21?,24-22?,31-15+,32-16+,33-19?,34-20+. The van der Waals surface area contributed by atoms with E-state index in [9.17, 15) is 33.6 Å². The Morgan fingerprint density at radius 2 is 1.40 bits per heavy atom. The van der Waals surface area contributed by atoms with Crippen molar-refractivity contribution >= 4 is 53.7 Å². The van der Waals surface area contributed by atoms with E-state index in [1.54, 1.807) is 6.92 Å². The van der Waals surface area contributed by atoms with Crippen molar-refractivity contribution in [1.29, 1.82) is 0 Å². The minimum absolute atomic E-state index is 0.00873. The summed E-state index contributed by atoms with van der Waals surface area (Å²) in [4.78, 5) is 86.0. The van der Waals surface area contributed by atoms with Crippen LogP contribution in [0.1, 0.15) is 94.9 Å². The first-order valence-corrected chi connectivity index (χ1v) is 21.8. The van der Waals surface area contributed by atoms with Gasteiger partial charge in [0.25, 0.3) is 0 Å². The molecule has 0 heterocycles. The molecule has 0 aromatic rings. The number of aliphatic carboxylic acids is 1. The molecule has 12 nitrogen and oxygen atoms in total. The molecule has 2 aliphatic carbocycles. The fourth-order valence-corrected chi connectivity index (χ4v) is 7.55. The summed E-state index contributed by atoms with van der Waals surface area (Å²) >= 11 is 4.08. The Balaban J connectivity index is 1.93. The third-order valence-corrected chi connectivity index (χ3v) is 11.5. The Bertz CT molecular complexity index is 2070. The topological polar surface area (TPSA) is 199 Å². The lowest BCUT2D eigenvalue weighted by Gasteiger charge is -2.39. The fraction of sp³-hybridized carbons (Fsp3) is 0.460. The monoisotopic (exact) mass is 885 g/mol. The Labute approximate surface area is 378 Å². The largest absolute Gasteiger partial charge is 0.480 e. The van der Waals surface area contributed by atoms with Gasteiger partial charge in [0, 0.05) is 30.9 Å². The first-order chi connectivity index (χ1) is 29.4. The van der Waals surface area contributed by atoms with E-state index in [0.717, 1.165) is 27.9 Å². The summed E-state index contributed by atoms with van der Waals surface area (Å²) in [6.07, 6.45) is 27.0. The van der Waals surface area contributed by atoms with Gasteiger partial charge in [-0.2, -0.15) is 12.6 Å². The molecule has 0 saturated heterocycles. The van der Waals surface area contributed by atoms with Gasteiger partial charge in [0.05, 0.1) is 0 Å². The minimum atomic E-state index is -1.24. The number of nitrogens with one attached hydrogen (secondary N) is 2. The number of nitrogens with two attached hydrogens (primary N) is 1. The number of carbonyl (C=O) groups is 7. The van der Waals surface area contributed by atoms with E-state index in [4.69, 9.17) is 15.6 Å². The van der Waals surface area contributed by atoms with Crippen LogP contribution in [0.2, 0.25) is 0 Å². The Morgan fingerprint density at radius 1 is 0.857 bits per heavy atom.